The largest absolute Gasteiger partial charge is 0.316 e. The number of hydrogen-bond donors (Lipinski definition) is 1. The third-order valence-corrected chi connectivity index (χ3v) is 6.75. The van der Waals surface area contributed by atoms with Gasteiger partial charge >= 0.3 is 0 Å². The van der Waals surface area contributed by atoms with E-state index in [-0.39, 0.29) is 6.54 Å². The summed E-state index contributed by atoms with van der Waals surface area (Å²) in [5.74, 6) is -0.561. The van der Waals surface area contributed by atoms with E-state index in [0.717, 1.165) is 38.8 Å². The van der Waals surface area contributed by atoms with Gasteiger partial charge < -0.3 is 4.57 Å². The predicted octanol–water partition coefficient (Wildman–Crippen LogP) is 4.63. The first-order valence-corrected chi connectivity index (χ1v) is 12.6. The van der Waals surface area contributed by atoms with Gasteiger partial charge in [0, 0.05) is 22.0 Å². The van der Waals surface area contributed by atoms with Gasteiger partial charge in [-0.2, -0.15) is 5.10 Å². The molecule has 10 heteroatoms. The van der Waals surface area contributed by atoms with Crippen LogP contribution < -0.4 is 9.73 Å². The lowest BCUT2D eigenvalue weighted by Crippen LogP contribution is -2.39. The normalized spacial score (nSPS) is 11.7. The molecule has 1 aromatic heterocycles. The number of anilines is 1. The summed E-state index contributed by atoms with van der Waals surface area (Å²) in [6.45, 7) is 5.23. The first kappa shape index (κ1) is 24.8. The number of nitrogens with zero attached hydrogens (tertiary/aromatic N) is 3. The van der Waals surface area contributed by atoms with Gasteiger partial charge in [0.15, 0.2) is 0 Å². The Morgan fingerprint density at radius 1 is 1.12 bits per heavy atom. The molecule has 0 atom stereocenters. The number of carbonyl (C=O) groups excluding carboxylic acids is 1. The zero-order chi connectivity index (χ0) is 24.3. The van der Waals surface area contributed by atoms with Crippen molar-refractivity contribution in [3.8, 4) is 5.69 Å². The second-order valence-corrected chi connectivity index (χ2v) is 10.4. The first-order chi connectivity index (χ1) is 15.5. The molecule has 0 unspecified atom stereocenters. The molecule has 2 aromatic carbocycles. The van der Waals surface area contributed by atoms with E-state index >= 15 is 0 Å². The van der Waals surface area contributed by atoms with Crippen molar-refractivity contribution in [1.82, 2.24) is 9.99 Å². The van der Waals surface area contributed by atoms with E-state index in [1.807, 2.05) is 30.5 Å². The highest BCUT2D eigenvalue weighted by Crippen LogP contribution is 2.28. The number of aryl methyl sites for hydroxylation is 2. The number of carbonyl (C=O) groups is 1. The zero-order valence-electron chi connectivity index (χ0n) is 18.6. The quantitative estimate of drug-likeness (QED) is 0.374. The molecule has 0 saturated carbocycles. The number of nitrogens with one attached hydrogen (secondary N) is 1. The minimum Gasteiger partial charge on any atom is -0.316 e. The molecule has 33 heavy (non-hydrogen) atoms. The van der Waals surface area contributed by atoms with Crippen LogP contribution in [0.4, 0.5) is 5.69 Å². The maximum atomic E-state index is 12.5. The summed E-state index contributed by atoms with van der Waals surface area (Å²) in [5.41, 5.74) is 6.95. The Balaban J connectivity index is 1.77. The summed E-state index contributed by atoms with van der Waals surface area (Å²) in [5, 5.41) is 5.08. The molecular weight excluding hydrogens is 483 g/mol. The van der Waals surface area contributed by atoms with Crippen LogP contribution in [0.5, 0.6) is 0 Å². The number of amides is 1. The van der Waals surface area contributed by atoms with Crippen LogP contribution in [0.25, 0.3) is 5.69 Å². The molecule has 7 nitrogen and oxygen atoms in total. The number of benzene rings is 2. The van der Waals surface area contributed by atoms with Crippen molar-refractivity contribution in [2.75, 3.05) is 17.1 Å². The van der Waals surface area contributed by atoms with Crippen LogP contribution in [-0.4, -0.2) is 37.9 Å². The molecule has 1 heterocycles. The lowest BCUT2D eigenvalue weighted by Gasteiger charge is -2.23. The van der Waals surface area contributed by atoms with E-state index in [2.05, 4.69) is 10.5 Å². The van der Waals surface area contributed by atoms with Gasteiger partial charge in [0.1, 0.15) is 6.54 Å². The monoisotopic (exact) mass is 506 g/mol. The number of halogens is 2. The van der Waals surface area contributed by atoms with Gasteiger partial charge in [-0.25, -0.2) is 13.8 Å². The van der Waals surface area contributed by atoms with Gasteiger partial charge in [0.25, 0.3) is 5.91 Å². The van der Waals surface area contributed by atoms with Gasteiger partial charge in [-0.3, -0.25) is 9.10 Å². The van der Waals surface area contributed by atoms with E-state index in [1.165, 1.54) is 6.21 Å². The molecule has 0 aliphatic rings. The highest BCUT2D eigenvalue weighted by molar-refractivity contribution is 7.92. The highest BCUT2D eigenvalue weighted by Gasteiger charge is 2.22. The summed E-state index contributed by atoms with van der Waals surface area (Å²) < 4.78 is 27.6. The minimum atomic E-state index is -3.66. The van der Waals surface area contributed by atoms with Gasteiger partial charge in [-0.15, -0.1) is 0 Å². The summed E-state index contributed by atoms with van der Waals surface area (Å²) in [6.07, 6.45) is 2.58. The maximum absolute atomic E-state index is 12.5. The summed E-state index contributed by atoms with van der Waals surface area (Å²) in [6, 6.07) is 14.1. The van der Waals surface area contributed by atoms with Crippen LogP contribution in [0.1, 0.15) is 22.5 Å². The van der Waals surface area contributed by atoms with Crippen molar-refractivity contribution in [2.24, 2.45) is 5.10 Å². The molecule has 3 aromatic rings. The Morgan fingerprint density at radius 3 is 2.45 bits per heavy atom. The highest BCUT2D eigenvalue weighted by atomic mass is 35.5. The maximum Gasteiger partial charge on any atom is 0.260 e. The smallest absolute Gasteiger partial charge is 0.260 e. The van der Waals surface area contributed by atoms with Crippen molar-refractivity contribution in [2.45, 2.75) is 20.8 Å². The number of aromatic nitrogens is 1. The van der Waals surface area contributed by atoms with Crippen LogP contribution in [0.2, 0.25) is 10.0 Å². The molecule has 0 fully saturated rings. The molecule has 3 rings (SSSR count). The van der Waals surface area contributed by atoms with E-state index in [1.54, 1.807) is 43.3 Å². The number of para-hydroxylation sites is 1. The van der Waals surface area contributed by atoms with Gasteiger partial charge in [0.05, 0.1) is 28.9 Å². The molecule has 0 spiro atoms. The van der Waals surface area contributed by atoms with E-state index in [0.29, 0.717) is 15.7 Å². The Morgan fingerprint density at radius 2 is 1.82 bits per heavy atom. The average molecular weight is 507 g/mol. The van der Waals surface area contributed by atoms with E-state index < -0.39 is 15.9 Å². The Hall–Kier alpha value is -2.81. The van der Waals surface area contributed by atoms with Crippen LogP contribution in [0.15, 0.2) is 53.6 Å². The van der Waals surface area contributed by atoms with Gasteiger partial charge in [-0.05, 0) is 56.7 Å². The van der Waals surface area contributed by atoms with Crippen molar-refractivity contribution in [3.63, 3.8) is 0 Å². The van der Waals surface area contributed by atoms with E-state index in [4.69, 9.17) is 23.2 Å². The van der Waals surface area contributed by atoms with E-state index in [9.17, 15) is 13.2 Å². The fourth-order valence-electron chi connectivity index (χ4n) is 3.52. The third kappa shape index (κ3) is 5.76. The fraction of sp³-hybridized carbons (Fsp3) is 0.217. The molecule has 0 radical (unpaired) electrons. The Labute approximate surface area is 203 Å². The molecule has 0 aliphatic heterocycles. The van der Waals surface area contributed by atoms with Crippen molar-refractivity contribution < 1.29 is 13.2 Å². The lowest BCUT2D eigenvalue weighted by atomic mass is 10.2. The van der Waals surface area contributed by atoms with Crippen molar-refractivity contribution in [1.29, 1.82) is 0 Å². The second-order valence-electron chi connectivity index (χ2n) is 7.61. The number of hydrazone groups is 1. The molecule has 1 amide bonds. The van der Waals surface area contributed by atoms with Gasteiger partial charge in [-0.1, -0.05) is 41.4 Å². The standard InChI is InChI=1S/C23H24Cl2N4O3S/c1-15-7-5-6-8-21(15)28(33(4,31)32)14-23(30)27-26-13-18-11-16(2)29(17(18)3)22-10-9-19(24)12-20(22)25/h5-13H,14H2,1-4H3,(H,27,30)/b26-13+. The van der Waals surface area contributed by atoms with Crippen LogP contribution in [-0.2, 0) is 14.8 Å². The van der Waals surface area contributed by atoms with Crippen LogP contribution >= 0.6 is 23.2 Å². The molecule has 0 saturated heterocycles. The summed E-state index contributed by atoms with van der Waals surface area (Å²) in [7, 11) is -3.66. The van der Waals surface area contributed by atoms with Crippen LogP contribution in [0, 0.1) is 20.8 Å². The number of sulfonamides is 1. The molecular formula is C23H24Cl2N4O3S. The molecule has 174 valence electrons. The molecule has 1 N–H and O–H groups in total. The lowest BCUT2D eigenvalue weighted by molar-refractivity contribution is -0.119. The average Bonchev–Trinajstić information content (AvgIpc) is 3.00. The first-order valence-electron chi connectivity index (χ1n) is 9.98. The predicted molar refractivity (Wildman–Crippen MR) is 134 cm³/mol. The SMILES string of the molecule is Cc1ccccc1N(CC(=O)N/N=C/c1cc(C)n(-c2ccc(Cl)cc2Cl)c1C)S(C)(=O)=O. The van der Waals surface area contributed by atoms with Gasteiger partial charge in [0.2, 0.25) is 10.0 Å². The second kappa shape index (κ2) is 9.99. The van der Waals surface area contributed by atoms with Crippen LogP contribution in [0.3, 0.4) is 0 Å². The summed E-state index contributed by atoms with van der Waals surface area (Å²) in [4.78, 5) is 12.5. The minimum absolute atomic E-state index is 0.388. The zero-order valence-corrected chi connectivity index (χ0v) is 21.0. The van der Waals surface area contributed by atoms with Crippen molar-refractivity contribution in [3.05, 3.63) is 81.1 Å². The molecule has 0 bridgehead atoms. The van der Waals surface area contributed by atoms with Crippen molar-refractivity contribution >= 4 is 51.0 Å². The Bertz CT molecular complexity index is 1330. The topological polar surface area (TPSA) is 83.8 Å². The summed E-state index contributed by atoms with van der Waals surface area (Å²) >= 11 is 12.4. The fourth-order valence-corrected chi connectivity index (χ4v) is 4.92. The molecule has 0 aliphatic carbocycles. The number of rotatable bonds is 7. The number of hydrogen-bond acceptors (Lipinski definition) is 4. The third-order valence-electron chi connectivity index (χ3n) is 5.09. The Kier molecular flexibility index (Phi) is 7.51.